The van der Waals surface area contributed by atoms with Gasteiger partial charge in [0.05, 0.1) is 0 Å². The number of nitrogens with zero attached hydrogens (tertiary/aromatic N) is 6. The summed E-state index contributed by atoms with van der Waals surface area (Å²) in [5.41, 5.74) is 1.08. The normalized spacial score (nSPS) is 13.2. The lowest BCUT2D eigenvalue weighted by molar-refractivity contribution is 0.102. The minimum Gasteiger partial charge on any atom is -0.439 e. The number of carbonyl (C=O) groups is 1. The molecule has 0 radical (unpaired) electrons. The highest BCUT2D eigenvalue weighted by molar-refractivity contribution is 6.04. The van der Waals surface area contributed by atoms with Gasteiger partial charge in [0.15, 0.2) is 5.82 Å². The molecular weight excluding hydrogens is 418 g/mol. The molecule has 0 bridgehead atoms. The summed E-state index contributed by atoms with van der Waals surface area (Å²) in [6.07, 6.45) is 5.60. The van der Waals surface area contributed by atoms with Crippen molar-refractivity contribution in [3.8, 4) is 23.1 Å². The quantitative estimate of drug-likeness (QED) is 0.445. The largest absolute Gasteiger partial charge is 0.439 e. The molecule has 1 saturated carbocycles. The molecule has 9 heteroatoms. The van der Waals surface area contributed by atoms with E-state index < -0.39 is 0 Å². The number of pyridine rings is 1. The molecule has 33 heavy (non-hydrogen) atoms. The number of aromatic nitrogens is 6. The first-order valence-corrected chi connectivity index (χ1v) is 10.9. The second-order valence-corrected chi connectivity index (χ2v) is 8.18. The molecule has 1 aliphatic carbocycles. The van der Waals surface area contributed by atoms with Crippen molar-refractivity contribution in [1.29, 1.82) is 0 Å². The standard InChI is InChI=1S/C24H23N7O2/c1-15(2)31-14-26-30-23(31)19-7-4-8-20(27-19)28-24(32)17-5-3-6-18(13-17)33-21-11-12-25-22(29-21)16-9-10-16/h3-8,11-16H,9-10H2,1-2H3,(H,27,28,32). The highest BCUT2D eigenvalue weighted by Gasteiger charge is 2.26. The molecule has 166 valence electrons. The van der Waals surface area contributed by atoms with E-state index in [1.807, 2.05) is 30.5 Å². The number of nitrogens with one attached hydrogen (secondary N) is 1. The van der Waals surface area contributed by atoms with Crippen LogP contribution in [-0.2, 0) is 0 Å². The van der Waals surface area contributed by atoms with Crippen molar-refractivity contribution in [1.82, 2.24) is 29.7 Å². The second kappa shape index (κ2) is 8.78. The third-order valence-corrected chi connectivity index (χ3v) is 5.26. The summed E-state index contributed by atoms with van der Waals surface area (Å²) < 4.78 is 7.80. The second-order valence-electron chi connectivity index (χ2n) is 8.18. The Labute approximate surface area is 190 Å². The van der Waals surface area contributed by atoms with Crippen molar-refractivity contribution in [3.05, 3.63) is 72.4 Å². The van der Waals surface area contributed by atoms with E-state index in [1.54, 1.807) is 48.9 Å². The van der Waals surface area contributed by atoms with Crippen molar-refractivity contribution in [2.75, 3.05) is 5.32 Å². The first kappa shape index (κ1) is 20.7. The summed E-state index contributed by atoms with van der Waals surface area (Å²) >= 11 is 0. The molecule has 0 aliphatic heterocycles. The van der Waals surface area contributed by atoms with Gasteiger partial charge < -0.3 is 14.6 Å². The average molecular weight is 441 g/mol. The number of benzene rings is 1. The van der Waals surface area contributed by atoms with Crippen molar-refractivity contribution in [2.24, 2.45) is 0 Å². The van der Waals surface area contributed by atoms with Crippen LogP contribution in [0.1, 0.15) is 54.8 Å². The third-order valence-electron chi connectivity index (χ3n) is 5.26. The number of ether oxygens (including phenoxy) is 1. The maximum atomic E-state index is 12.9. The number of hydrogen-bond donors (Lipinski definition) is 1. The van der Waals surface area contributed by atoms with Crippen LogP contribution in [0.15, 0.2) is 61.1 Å². The SMILES string of the molecule is CC(C)n1cnnc1-c1cccc(NC(=O)c2cccc(Oc3ccnc(C4CC4)n3)c2)n1. The minimum absolute atomic E-state index is 0.188. The van der Waals surface area contributed by atoms with Crippen LogP contribution in [0.25, 0.3) is 11.5 Å². The molecule has 4 aromatic rings. The highest BCUT2D eigenvalue weighted by Crippen LogP contribution is 2.38. The van der Waals surface area contributed by atoms with E-state index in [9.17, 15) is 4.79 Å². The van der Waals surface area contributed by atoms with Crippen molar-refractivity contribution >= 4 is 11.7 Å². The number of hydrogen-bond acceptors (Lipinski definition) is 7. The van der Waals surface area contributed by atoms with E-state index in [-0.39, 0.29) is 11.9 Å². The Morgan fingerprint density at radius 3 is 2.79 bits per heavy atom. The van der Waals surface area contributed by atoms with Crippen LogP contribution in [-0.4, -0.2) is 35.6 Å². The van der Waals surface area contributed by atoms with Crippen LogP contribution < -0.4 is 10.1 Å². The number of anilines is 1. The zero-order valence-corrected chi connectivity index (χ0v) is 18.3. The molecule has 1 N–H and O–H groups in total. The monoisotopic (exact) mass is 441 g/mol. The molecule has 0 saturated heterocycles. The Bertz CT molecular complexity index is 1300. The van der Waals surface area contributed by atoms with Gasteiger partial charge in [0.1, 0.15) is 29.4 Å². The van der Waals surface area contributed by atoms with Gasteiger partial charge in [-0.05, 0) is 57.0 Å². The van der Waals surface area contributed by atoms with Crippen molar-refractivity contribution in [2.45, 2.75) is 38.6 Å². The zero-order chi connectivity index (χ0) is 22.8. The lowest BCUT2D eigenvalue weighted by atomic mass is 10.2. The van der Waals surface area contributed by atoms with Crippen LogP contribution in [0, 0.1) is 0 Å². The predicted octanol–water partition coefficient (Wildman–Crippen LogP) is 4.63. The zero-order valence-electron chi connectivity index (χ0n) is 18.3. The predicted molar refractivity (Wildman–Crippen MR) is 122 cm³/mol. The summed E-state index contributed by atoms with van der Waals surface area (Å²) in [7, 11) is 0. The fourth-order valence-electron chi connectivity index (χ4n) is 3.39. The molecule has 1 aliphatic rings. The molecule has 5 rings (SSSR count). The summed E-state index contributed by atoms with van der Waals surface area (Å²) in [5, 5.41) is 11.0. The smallest absolute Gasteiger partial charge is 0.256 e. The molecule has 0 spiro atoms. The van der Waals surface area contributed by atoms with Crippen molar-refractivity contribution in [3.63, 3.8) is 0 Å². The molecule has 3 heterocycles. The number of rotatable bonds is 7. The van der Waals surface area contributed by atoms with Gasteiger partial charge in [-0.15, -0.1) is 10.2 Å². The topological polar surface area (TPSA) is 108 Å². The van der Waals surface area contributed by atoms with E-state index in [1.165, 1.54) is 0 Å². The Kier molecular flexibility index (Phi) is 5.52. The fraction of sp³-hybridized carbons (Fsp3) is 0.250. The summed E-state index contributed by atoms with van der Waals surface area (Å²) in [6, 6.07) is 14.2. The van der Waals surface area contributed by atoms with Crippen LogP contribution in [0.3, 0.4) is 0 Å². The van der Waals surface area contributed by atoms with E-state index in [0.29, 0.717) is 40.4 Å². The minimum atomic E-state index is -0.295. The van der Waals surface area contributed by atoms with Gasteiger partial charge in [0, 0.05) is 29.8 Å². The van der Waals surface area contributed by atoms with Crippen molar-refractivity contribution < 1.29 is 9.53 Å². The van der Waals surface area contributed by atoms with E-state index in [4.69, 9.17) is 4.74 Å². The summed E-state index contributed by atoms with van der Waals surface area (Å²) in [5.74, 6) is 3.00. The summed E-state index contributed by atoms with van der Waals surface area (Å²) in [6.45, 7) is 4.09. The first-order valence-electron chi connectivity index (χ1n) is 10.9. The van der Waals surface area contributed by atoms with E-state index in [2.05, 4.69) is 30.5 Å². The van der Waals surface area contributed by atoms with Crippen LogP contribution in [0.4, 0.5) is 5.82 Å². The van der Waals surface area contributed by atoms with Crippen LogP contribution in [0.5, 0.6) is 11.6 Å². The molecule has 3 aromatic heterocycles. The van der Waals surface area contributed by atoms with Gasteiger partial charge in [-0.3, -0.25) is 4.79 Å². The molecule has 1 aromatic carbocycles. The third kappa shape index (κ3) is 4.72. The Morgan fingerprint density at radius 2 is 1.97 bits per heavy atom. The molecule has 9 nitrogen and oxygen atoms in total. The first-order chi connectivity index (χ1) is 16.1. The fourth-order valence-corrected chi connectivity index (χ4v) is 3.39. The number of amides is 1. The lowest BCUT2D eigenvalue weighted by Crippen LogP contribution is -2.13. The highest BCUT2D eigenvalue weighted by atomic mass is 16.5. The van der Waals surface area contributed by atoms with Gasteiger partial charge in [-0.2, -0.15) is 4.98 Å². The molecule has 0 atom stereocenters. The van der Waals surface area contributed by atoms with Gasteiger partial charge in [0.2, 0.25) is 5.88 Å². The average Bonchev–Trinajstić information content (AvgIpc) is 3.55. The Morgan fingerprint density at radius 1 is 1.12 bits per heavy atom. The Balaban J connectivity index is 1.31. The van der Waals surface area contributed by atoms with Gasteiger partial charge >= 0.3 is 0 Å². The molecule has 1 amide bonds. The number of carbonyl (C=O) groups excluding carboxylic acids is 1. The van der Waals surface area contributed by atoms with E-state index in [0.717, 1.165) is 18.7 Å². The van der Waals surface area contributed by atoms with Gasteiger partial charge in [0.25, 0.3) is 5.91 Å². The molecular formula is C24H23N7O2. The molecule has 1 fully saturated rings. The lowest BCUT2D eigenvalue weighted by Gasteiger charge is -2.11. The molecule has 0 unspecified atom stereocenters. The maximum Gasteiger partial charge on any atom is 0.256 e. The maximum absolute atomic E-state index is 12.9. The van der Waals surface area contributed by atoms with Gasteiger partial charge in [-0.1, -0.05) is 12.1 Å². The summed E-state index contributed by atoms with van der Waals surface area (Å²) in [4.78, 5) is 26.2. The Hall–Kier alpha value is -4.14. The van der Waals surface area contributed by atoms with Crippen LogP contribution >= 0.6 is 0 Å². The van der Waals surface area contributed by atoms with E-state index >= 15 is 0 Å². The van der Waals surface area contributed by atoms with Crippen LogP contribution in [0.2, 0.25) is 0 Å². The van der Waals surface area contributed by atoms with Gasteiger partial charge in [-0.25, -0.2) is 9.97 Å².